The molecular formula is C19H25FN4O2S. The fourth-order valence-electron chi connectivity index (χ4n) is 3.80. The summed E-state index contributed by atoms with van der Waals surface area (Å²) in [5.74, 6) is -0.450. The number of alkyl halides is 1. The van der Waals surface area contributed by atoms with E-state index in [1.54, 1.807) is 17.1 Å². The van der Waals surface area contributed by atoms with Crippen LogP contribution >= 0.6 is 11.3 Å². The number of amides is 2. The summed E-state index contributed by atoms with van der Waals surface area (Å²) < 4.78 is 15.1. The van der Waals surface area contributed by atoms with Crippen LogP contribution in [0.1, 0.15) is 42.3 Å². The van der Waals surface area contributed by atoms with Crippen molar-refractivity contribution in [2.75, 3.05) is 11.9 Å². The van der Waals surface area contributed by atoms with Crippen LogP contribution in [0.5, 0.6) is 0 Å². The third kappa shape index (κ3) is 4.21. The Bertz CT molecular complexity index is 735. The Kier molecular flexibility index (Phi) is 6.26. The number of rotatable bonds is 7. The standard InChI is InChI=1S/C19H25FN4O2S/c1-3-5-6-16(25)23-13-10-12-7-8-14(17(13)20)24(12)18(26)15-11-22-19(27-15)21-9-4-2/h4-6,11-14,17H,2-3,7-10H2,1H3,(H,21,22)(H,23,25)/b6-5+/t12-,13+,14+,17-/m0/s1. The first-order chi connectivity index (χ1) is 13.0. The Morgan fingerprint density at radius 2 is 2.30 bits per heavy atom. The summed E-state index contributed by atoms with van der Waals surface area (Å²) in [6.07, 6.45) is 7.75. The van der Waals surface area contributed by atoms with Crippen LogP contribution in [-0.2, 0) is 4.79 Å². The minimum Gasteiger partial charge on any atom is -0.358 e. The van der Waals surface area contributed by atoms with Crippen LogP contribution in [0.3, 0.4) is 0 Å². The lowest BCUT2D eigenvalue weighted by Gasteiger charge is -2.41. The van der Waals surface area contributed by atoms with Gasteiger partial charge in [0.2, 0.25) is 5.91 Å². The molecule has 2 fully saturated rings. The third-order valence-electron chi connectivity index (χ3n) is 5.01. The van der Waals surface area contributed by atoms with Gasteiger partial charge in [-0.2, -0.15) is 0 Å². The highest BCUT2D eigenvalue weighted by Gasteiger charge is 2.50. The molecule has 2 bridgehead atoms. The molecule has 3 rings (SSSR count). The average molecular weight is 393 g/mol. The van der Waals surface area contributed by atoms with Gasteiger partial charge in [-0.15, -0.1) is 6.58 Å². The molecule has 8 heteroatoms. The molecular weight excluding hydrogens is 367 g/mol. The Morgan fingerprint density at radius 1 is 1.48 bits per heavy atom. The maximum absolute atomic E-state index is 15.1. The molecule has 1 aromatic rings. The van der Waals surface area contributed by atoms with Gasteiger partial charge in [0.15, 0.2) is 5.13 Å². The van der Waals surface area contributed by atoms with Crippen molar-refractivity contribution in [3.05, 3.63) is 35.9 Å². The van der Waals surface area contributed by atoms with Gasteiger partial charge < -0.3 is 15.5 Å². The van der Waals surface area contributed by atoms with Crippen LogP contribution in [-0.4, -0.2) is 52.5 Å². The highest BCUT2D eigenvalue weighted by Crippen LogP contribution is 2.39. The van der Waals surface area contributed by atoms with Gasteiger partial charge in [0.1, 0.15) is 11.0 Å². The number of fused-ring (bicyclic) bond motifs is 2. The summed E-state index contributed by atoms with van der Waals surface area (Å²) in [6, 6.07) is -1.10. The second kappa shape index (κ2) is 8.65. The normalized spacial score (nSPS) is 27.0. The molecule has 0 saturated carbocycles. The molecule has 146 valence electrons. The molecule has 0 spiro atoms. The lowest BCUT2D eigenvalue weighted by atomic mass is 9.95. The number of nitrogens with zero attached hydrogens (tertiary/aromatic N) is 2. The van der Waals surface area contributed by atoms with Gasteiger partial charge in [0.25, 0.3) is 5.91 Å². The van der Waals surface area contributed by atoms with Crippen molar-refractivity contribution < 1.29 is 14.0 Å². The second-order valence-electron chi connectivity index (χ2n) is 6.82. The van der Waals surface area contributed by atoms with E-state index in [1.807, 2.05) is 6.92 Å². The SMILES string of the molecule is C=CCNc1ncc(C(=O)N2[C@H]3CC[C@@H]2[C@@H](F)[C@H](NC(=O)/C=C/CC)C3)s1. The smallest absolute Gasteiger partial charge is 0.266 e. The van der Waals surface area contributed by atoms with Crippen LogP contribution in [0.2, 0.25) is 0 Å². The molecule has 2 amide bonds. The number of aromatic nitrogens is 1. The van der Waals surface area contributed by atoms with Crippen molar-refractivity contribution in [2.24, 2.45) is 0 Å². The van der Waals surface area contributed by atoms with Crippen LogP contribution < -0.4 is 10.6 Å². The molecule has 2 N–H and O–H groups in total. The van der Waals surface area contributed by atoms with Crippen molar-refractivity contribution in [1.82, 2.24) is 15.2 Å². The van der Waals surface area contributed by atoms with Crippen molar-refractivity contribution in [3.63, 3.8) is 0 Å². The van der Waals surface area contributed by atoms with E-state index in [-0.39, 0.29) is 17.9 Å². The van der Waals surface area contributed by atoms with E-state index in [1.165, 1.54) is 23.6 Å². The Morgan fingerprint density at radius 3 is 3.04 bits per heavy atom. The summed E-state index contributed by atoms with van der Waals surface area (Å²) in [7, 11) is 0. The van der Waals surface area contributed by atoms with Crippen molar-refractivity contribution in [1.29, 1.82) is 0 Å². The lowest BCUT2D eigenvalue weighted by Crippen LogP contribution is -2.59. The van der Waals surface area contributed by atoms with E-state index >= 15 is 4.39 Å². The summed E-state index contributed by atoms with van der Waals surface area (Å²) in [5, 5.41) is 6.46. The highest BCUT2D eigenvalue weighted by molar-refractivity contribution is 7.17. The average Bonchev–Trinajstić information content (AvgIpc) is 3.26. The monoisotopic (exact) mass is 392 g/mol. The molecule has 27 heavy (non-hydrogen) atoms. The predicted molar refractivity (Wildman–Crippen MR) is 105 cm³/mol. The van der Waals surface area contributed by atoms with Crippen LogP contribution in [0.4, 0.5) is 9.52 Å². The topological polar surface area (TPSA) is 74.3 Å². The fourth-order valence-corrected chi connectivity index (χ4v) is 4.57. The first kappa shape index (κ1) is 19.5. The molecule has 0 radical (unpaired) electrons. The first-order valence-corrected chi connectivity index (χ1v) is 10.1. The Hall–Kier alpha value is -2.22. The summed E-state index contributed by atoms with van der Waals surface area (Å²) in [5.41, 5.74) is 0. The zero-order valence-electron chi connectivity index (χ0n) is 15.4. The predicted octanol–water partition coefficient (Wildman–Crippen LogP) is 2.91. The second-order valence-corrected chi connectivity index (χ2v) is 7.85. The first-order valence-electron chi connectivity index (χ1n) is 9.29. The summed E-state index contributed by atoms with van der Waals surface area (Å²) in [4.78, 5) is 31.2. The largest absolute Gasteiger partial charge is 0.358 e. The van der Waals surface area contributed by atoms with Gasteiger partial charge in [-0.3, -0.25) is 9.59 Å². The maximum Gasteiger partial charge on any atom is 0.266 e. The number of hydrogen-bond acceptors (Lipinski definition) is 5. The number of carbonyl (C=O) groups is 2. The lowest BCUT2D eigenvalue weighted by molar-refractivity contribution is -0.118. The zero-order valence-corrected chi connectivity index (χ0v) is 16.2. The van der Waals surface area contributed by atoms with Crippen LogP contribution in [0.15, 0.2) is 31.0 Å². The molecule has 6 nitrogen and oxygen atoms in total. The molecule has 2 aliphatic rings. The Balaban J connectivity index is 1.68. The van der Waals surface area contributed by atoms with Gasteiger partial charge >= 0.3 is 0 Å². The number of thiazole rings is 1. The van der Waals surface area contributed by atoms with Crippen molar-refractivity contribution in [3.8, 4) is 0 Å². The molecule has 4 atom stereocenters. The Labute approximate surface area is 162 Å². The quantitative estimate of drug-likeness (QED) is 0.553. The summed E-state index contributed by atoms with van der Waals surface area (Å²) >= 11 is 1.27. The van der Waals surface area contributed by atoms with Gasteiger partial charge in [0, 0.05) is 12.6 Å². The minimum atomic E-state index is -1.27. The molecule has 1 aromatic heterocycles. The maximum atomic E-state index is 15.1. The van der Waals surface area contributed by atoms with Crippen molar-refractivity contribution in [2.45, 2.75) is 56.9 Å². The molecule has 0 aliphatic carbocycles. The molecule has 0 aromatic carbocycles. The van der Waals surface area contributed by atoms with Gasteiger partial charge in [-0.05, 0) is 31.8 Å². The van der Waals surface area contributed by atoms with Gasteiger partial charge in [-0.25, -0.2) is 9.37 Å². The molecule has 3 heterocycles. The van der Waals surface area contributed by atoms with Gasteiger partial charge in [0.05, 0.1) is 18.3 Å². The number of halogens is 1. The van der Waals surface area contributed by atoms with E-state index in [0.29, 0.717) is 29.4 Å². The van der Waals surface area contributed by atoms with E-state index < -0.39 is 18.3 Å². The number of piperidine rings is 1. The number of nitrogens with one attached hydrogen (secondary N) is 2. The zero-order chi connectivity index (χ0) is 19.4. The van der Waals surface area contributed by atoms with Gasteiger partial charge in [-0.1, -0.05) is 30.4 Å². The number of anilines is 1. The third-order valence-corrected chi connectivity index (χ3v) is 5.95. The minimum absolute atomic E-state index is 0.0540. The molecule has 2 aliphatic heterocycles. The van der Waals surface area contributed by atoms with E-state index in [2.05, 4.69) is 22.2 Å². The fraction of sp³-hybridized carbons (Fsp3) is 0.526. The van der Waals surface area contributed by atoms with Crippen LogP contribution in [0, 0.1) is 0 Å². The number of allylic oxidation sites excluding steroid dienone is 1. The van der Waals surface area contributed by atoms with E-state index in [9.17, 15) is 9.59 Å². The van der Waals surface area contributed by atoms with Crippen molar-refractivity contribution >= 4 is 28.3 Å². The van der Waals surface area contributed by atoms with E-state index in [4.69, 9.17) is 0 Å². The molecule has 0 unspecified atom stereocenters. The number of hydrogen-bond donors (Lipinski definition) is 2. The van der Waals surface area contributed by atoms with E-state index in [0.717, 1.165) is 12.8 Å². The van der Waals surface area contributed by atoms with Crippen LogP contribution in [0.25, 0.3) is 0 Å². The molecule has 2 saturated heterocycles. The highest BCUT2D eigenvalue weighted by atomic mass is 32.1. The summed E-state index contributed by atoms with van der Waals surface area (Å²) in [6.45, 7) is 6.14. The number of carbonyl (C=O) groups excluding carboxylic acids is 2.